The highest BCUT2D eigenvalue weighted by Crippen LogP contribution is 2.27. The molecular weight excluding hydrogens is 318 g/mol. The molecule has 1 aliphatic rings. The van der Waals surface area contributed by atoms with Crippen LogP contribution in [0.15, 0.2) is 22.7 Å². The van der Waals surface area contributed by atoms with Gasteiger partial charge in [-0.15, -0.1) is 0 Å². The first kappa shape index (κ1) is 13.8. The van der Waals surface area contributed by atoms with Crippen molar-refractivity contribution in [3.8, 4) is 0 Å². The van der Waals surface area contributed by atoms with Crippen molar-refractivity contribution >= 4 is 33.4 Å². The molecule has 1 amide bonds. The first-order chi connectivity index (χ1) is 8.42. The van der Waals surface area contributed by atoms with Crippen LogP contribution in [0.5, 0.6) is 0 Å². The normalized spacial score (nSPS) is 18.8. The van der Waals surface area contributed by atoms with Gasteiger partial charge in [0.25, 0.3) is 5.91 Å². The maximum atomic E-state index is 12.5. The highest BCUT2D eigenvalue weighted by Gasteiger charge is 2.35. The Labute approximate surface area is 120 Å². The third kappa shape index (κ3) is 2.71. The lowest BCUT2D eigenvalue weighted by Gasteiger charge is -2.42. The van der Waals surface area contributed by atoms with E-state index in [0.29, 0.717) is 30.3 Å². The molecule has 0 radical (unpaired) electrons. The van der Waals surface area contributed by atoms with Gasteiger partial charge in [-0.1, -0.05) is 11.6 Å². The zero-order valence-electron chi connectivity index (χ0n) is 10.4. The van der Waals surface area contributed by atoms with Crippen molar-refractivity contribution in [2.24, 2.45) is 0 Å². The molecule has 0 spiro atoms. The number of halogens is 2. The number of rotatable bonds is 1. The van der Waals surface area contributed by atoms with Crippen molar-refractivity contribution in [1.82, 2.24) is 4.90 Å². The number of carbonyl (C=O) groups excluding carboxylic acids is 1. The molecule has 1 aliphatic heterocycles. The lowest BCUT2D eigenvalue weighted by Crippen LogP contribution is -2.55. The van der Waals surface area contributed by atoms with Gasteiger partial charge in [-0.3, -0.25) is 4.79 Å². The molecule has 0 saturated carbocycles. The predicted molar refractivity (Wildman–Crippen MR) is 75.1 cm³/mol. The van der Waals surface area contributed by atoms with Gasteiger partial charge in [0.15, 0.2) is 0 Å². The van der Waals surface area contributed by atoms with Crippen LogP contribution in [0.1, 0.15) is 24.2 Å². The molecule has 0 aromatic heterocycles. The van der Waals surface area contributed by atoms with Crippen molar-refractivity contribution in [1.29, 1.82) is 0 Å². The molecule has 1 fully saturated rings. The summed E-state index contributed by atoms with van der Waals surface area (Å²) in [5, 5.41) is 0.611. The number of amides is 1. The molecule has 0 bridgehead atoms. The fourth-order valence-electron chi connectivity index (χ4n) is 2.04. The molecule has 1 heterocycles. The number of benzene rings is 1. The lowest BCUT2D eigenvalue weighted by molar-refractivity contribution is -0.0371. The van der Waals surface area contributed by atoms with Gasteiger partial charge in [0.1, 0.15) is 0 Å². The number of nitrogens with zero attached hydrogens (tertiary/aromatic N) is 1. The molecule has 0 aliphatic carbocycles. The number of ether oxygens (including phenoxy) is 1. The van der Waals surface area contributed by atoms with E-state index in [2.05, 4.69) is 15.9 Å². The monoisotopic (exact) mass is 331 g/mol. The fourth-order valence-corrected chi connectivity index (χ4v) is 2.90. The van der Waals surface area contributed by atoms with Crippen molar-refractivity contribution in [2.75, 3.05) is 19.8 Å². The second-order valence-corrected chi connectivity index (χ2v) is 6.24. The van der Waals surface area contributed by atoms with Crippen molar-refractivity contribution in [2.45, 2.75) is 19.4 Å². The van der Waals surface area contributed by atoms with Crippen LogP contribution < -0.4 is 0 Å². The van der Waals surface area contributed by atoms with E-state index >= 15 is 0 Å². The Morgan fingerprint density at radius 2 is 2.22 bits per heavy atom. The molecule has 1 saturated heterocycles. The van der Waals surface area contributed by atoms with Gasteiger partial charge < -0.3 is 9.64 Å². The minimum Gasteiger partial charge on any atom is -0.377 e. The van der Waals surface area contributed by atoms with E-state index in [1.807, 2.05) is 18.7 Å². The molecule has 0 atom stereocenters. The first-order valence-corrected chi connectivity index (χ1v) is 6.94. The van der Waals surface area contributed by atoms with Gasteiger partial charge >= 0.3 is 0 Å². The molecule has 98 valence electrons. The van der Waals surface area contributed by atoms with Crippen LogP contribution in [0.25, 0.3) is 0 Å². The number of carbonyl (C=O) groups is 1. The minimum absolute atomic E-state index is 0.00633. The average molecular weight is 333 g/mol. The smallest absolute Gasteiger partial charge is 0.255 e. The molecule has 3 nitrogen and oxygen atoms in total. The molecule has 2 rings (SSSR count). The van der Waals surface area contributed by atoms with Crippen LogP contribution in [-0.4, -0.2) is 36.1 Å². The van der Waals surface area contributed by atoms with Crippen molar-refractivity contribution in [3.63, 3.8) is 0 Å². The number of hydrogen-bond donors (Lipinski definition) is 0. The molecule has 1 aromatic carbocycles. The second kappa shape index (κ2) is 5.19. The maximum absolute atomic E-state index is 12.5. The Kier molecular flexibility index (Phi) is 3.99. The SMILES string of the molecule is CC1(C)COCCN1C(=O)c1ccc(Cl)cc1Br. The summed E-state index contributed by atoms with van der Waals surface area (Å²) in [5.74, 6) is 0.00633. The fraction of sp³-hybridized carbons (Fsp3) is 0.462. The average Bonchev–Trinajstić information content (AvgIpc) is 2.27. The van der Waals surface area contributed by atoms with E-state index in [0.717, 1.165) is 4.47 Å². The summed E-state index contributed by atoms with van der Waals surface area (Å²) in [4.78, 5) is 14.4. The molecular formula is C13H15BrClNO2. The highest BCUT2D eigenvalue weighted by molar-refractivity contribution is 9.10. The Bertz CT molecular complexity index is 476. The van der Waals surface area contributed by atoms with Gasteiger partial charge in [0.05, 0.1) is 24.3 Å². The van der Waals surface area contributed by atoms with E-state index in [9.17, 15) is 4.79 Å². The Morgan fingerprint density at radius 1 is 1.50 bits per heavy atom. The van der Waals surface area contributed by atoms with Crippen LogP contribution in [0, 0.1) is 0 Å². The summed E-state index contributed by atoms with van der Waals surface area (Å²) < 4.78 is 6.15. The summed E-state index contributed by atoms with van der Waals surface area (Å²) >= 11 is 9.28. The predicted octanol–water partition coefficient (Wildman–Crippen LogP) is 3.35. The van der Waals surface area contributed by atoms with E-state index in [1.165, 1.54) is 0 Å². The largest absolute Gasteiger partial charge is 0.377 e. The van der Waals surface area contributed by atoms with E-state index in [-0.39, 0.29) is 11.4 Å². The van der Waals surface area contributed by atoms with Crippen LogP contribution in [0.3, 0.4) is 0 Å². The summed E-state index contributed by atoms with van der Waals surface area (Å²) in [5.41, 5.74) is 0.350. The van der Waals surface area contributed by atoms with Crippen LogP contribution in [0.4, 0.5) is 0 Å². The summed E-state index contributed by atoms with van der Waals surface area (Å²) in [6.07, 6.45) is 0. The quantitative estimate of drug-likeness (QED) is 0.789. The zero-order chi connectivity index (χ0) is 13.3. The molecule has 0 N–H and O–H groups in total. The third-order valence-corrected chi connectivity index (χ3v) is 3.94. The van der Waals surface area contributed by atoms with Crippen molar-refractivity contribution < 1.29 is 9.53 Å². The van der Waals surface area contributed by atoms with Crippen molar-refractivity contribution in [3.05, 3.63) is 33.3 Å². The summed E-state index contributed by atoms with van der Waals surface area (Å²) in [7, 11) is 0. The van der Waals surface area contributed by atoms with Gasteiger partial charge in [0, 0.05) is 16.0 Å². The minimum atomic E-state index is -0.283. The third-order valence-electron chi connectivity index (χ3n) is 3.05. The molecule has 18 heavy (non-hydrogen) atoms. The first-order valence-electron chi connectivity index (χ1n) is 5.76. The summed E-state index contributed by atoms with van der Waals surface area (Å²) in [6.45, 7) is 5.77. The second-order valence-electron chi connectivity index (χ2n) is 4.95. The highest BCUT2D eigenvalue weighted by atomic mass is 79.9. The lowest BCUT2D eigenvalue weighted by atomic mass is 10.0. The molecule has 5 heteroatoms. The van der Waals surface area contributed by atoms with Gasteiger partial charge in [-0.25, -0.2) is 0 Å². The number of hydrogen-bond acceptors (Lipinski definition) is 2. The standard InChI is InChI=1S/C13H15BrClNO2/c1-13(2)8-18-6-5-16(13)12(17)10-4-3-9(15)7-11(10)14/h3-4,7H,5-6,8H2,1-2H3. The Balaban J connectivity index is 2.30. The van der Waals surface area contributed by atoms with E-state index in [1.54, 1.807) is 18.2 Å². The van der Waals surface area contributed by atoms with Crippen LogP contribution in [0.2, 0.25) is 5.02 Å². The van der Waals surface area contributed by atoms with Gasteiger partial charge in [-0.2, -0.15) is 0 Å². The summed E-state index contributed by atoms with van der Waals surface area (Å²) in [6, 6.07) is 5.22. The van der Waals surface area contributed by atoms with Gasteiger partial charge in [0.2, 0.25) is 0 Å². The van der Waals surface area contributed by atoms with Crippen LogP contribution in [-0.2, 0) is 4.74 Å². The van der Waals surface area contributed by atoms with E-state index in [4.69, 9.17) is 16.3 Å². The molecule has 0 unspecified atom stereocenters. The van der Waals surface area contributed by atoms with Crippen LogP contribution >= 0.6 is 27.5 Å². The van der Waals surface area contributed by atoms with Gasteiger partial charge in [-0.05, 0) is 48.0 Å². The van der Waals surface area contributed by atoms with E-state index < -0.39 is 0 Å². The maximum Gasteiger partial charge on any atom is 0.255 e. The number of morpholine rings is 1. The Morgan fingerprint density at radius 3 is 2.83 bits per heavy atom. The molecule has 1 aromatic rings. The Hall–Kier alpha value is -0.580. The zero-order valence-corrected chi connectivity index (χ0v) is 12.7. The topological polar surface area (TPSA) is 29.5 Å².